The van der Waals surface area contributed by atoms with Crippen LogP contribution < -0.4 is 5.32 Å². The molecule has 0 atom stereocenters. The molecule has 6 heteroatoms. The SMILES string of the molecule is Cc1cc2c(NC(=O)c3ccccc3C(=O)O)cccc2nn1. The molecule has 0 aliphatic rings. The molecule has 0 saturated heterocycles. The predicted octanol–water partition coefficient (Wildman–Crippen LogP) is 2.89. The van der Waals surface area contributed by atoms with Crippen molar-refractivity contribution in [2.24, 2.45) is 0 Å². The van der Waals surface area contributed by atoms with Crippen LogP contribution in [0.15, 0.2) is 48.5 Å². The quantitative estimate of drug-likeness (QED) is 0.776. The first-order chi connectivity index (χ1) is 11.1. The van der Waals surface area contributed by atoms with E-state index in [1.807, 2.05) is 13.0 Å². The molecule has 0 radical (unpaired) electrons. The van der Waals surface area contributed by atoms with Gasteiger partial charge in [0, 0.05) is 5.39 Å². The third-order valence-electron chi connectivity index (χ3n) is 3.40. The molecule has 0 fully saturated rings. The van der Waals surface area contributed by atoms with Crippen LogP contribution in [0.4, 0.5) is 5.69 Å². The number of anilines is 1. The van der Waals surface area contributed by atoms with E-state index in [-0.39, 0.29) is 11.1 Å². The second-order valence-corrected chi connectivity index (χ2v) is 5.03. The first kappa shape index (κ1) is 14.6. The first-order valence-electron chi connectivity index (χ1n) is 6.93. The van der Waals surface area contributed by atoms with Gasteiger partial charge in [0.25, 0.3) is 5.91 Å². The predicted molar refractivity (Wildman–Crippen MR) is 85.6 cm³/mol. The molecule has 0 spiro atoms. The summed E-state index contributed by atoms with van der Waals surface area (Å²) < 4.78 is 0. The van der Waals surface area contributed by atoms with Crippen LogP contribution in [0.25, 0.3) is 10.9 Å². The minimum Gasteiger partial charge on any atom is -0.478 e. The second kappa shape index (κ2) is 5.84. The molecule has 2 aromatic carbocycles. The molecular formula is C17H13N3O3. The lowest BCUT2D eigenvalue weighted by Crippen LogP contribution is -2.16. The van der Waals surface area contributed by atoms with Crippen LogP contribution in [0, 0.1) is 6.92 Å². The average Bonchev–Trinajstić information content (AvgIpc) is 2.55. The van der Waals surface area contributed by atoms with Crippen LogP contribution in [-0.4, -0.2) is 27.2 Å². The van der Waals surface area contributed by atoms with Gasteiger partial charge in [-0.3, -0.25) is 4.79 Å². The number of fused-ring (bicyclic) bond motifs is 1. The molecule has 2 N–H and O–H groups in total. The van der Waals surface area contributed by atoms with Crippen LogP contribution in [0.5, 0.6) is 0 Å². The number of aryl methyl sites for hydroxylation is 1. The van der Waals surface area contributed by atoms with Gasteiger partial charge in [-0.15, -0.1) is 0 Å². The van der Waals surface area contributed by atoms with Gasteiger partial charge in [-0.25, -0.2) is 4.79 Å². The summed E-state index contributed by atoms with van der Waals surface area (Å²) in [4.78, 5) is 23.7. The van der Waals surface area contributed by atoms with Crippen molar-refractivity contribution < 1.29 is 14.7 Å². The maximum atomic E-state index is 12.5. The molecule has 1 amide bonds. The molecule has 3 rings (SSSR count). The topological polar surface area (TPSA) is 92.2 Å². The number of benzene rings is 2. The molecule has 6 nitrogen and oxygen atoms in total. The van der Waals surface area contributed by atoms with Crippen molar-refractivity contribution >= 4 is 28.5 Å². The Kier molecular flexibility index (Phi) is 3.72. The highest BCUT2D eigenvalue weighted by Crippen LogP contribution is 2.23. The Morgan fingerprint density at radius 2 is 1.74 bits per heavy atom. The third kappa shape index (κ3) is 2.87. The smallest absolute Gasteiger partial charge is 0.336 e. The lowest BCUT2D eigenvalue weighted by Gasteiger charge is -2.10. The summed E-state index contributed by atoms with van der Waals surface area (Å²) in [5.74, 6) is -1.62. The lowest BCUT2D eigenvalue weighted by atomic mass is 10.1. The minimum atomic E-state index is -1.14. The zero-order valence-corrected chi connectivity index (χ0v) is 12.3. The molecular weight excluding hydrogens is 294 g/mol. The van der Waals surface area contributed by atoms with Gasteiger partial charge in [0.2, 0.25) is 0 Å². The van der Waals surface area contributed by atoms with Crippen LogP contribution >= 0.6 is 0 Å². The van der Waals surface area contributed by atoms with E-state index >= 15 is 0 Å². The fraction of sp³-hybridized carbons (Fsp3) is 0.0588. The summed E-state index contributed by atoms with van der Waals surface area (Å²) in [5.41, 5.74) is 2.01. The van der Waals surface area contributed by atoms with Crippen molar-refractivity contribution in [3.8, 4) is 0 Å². The van der Waals surface area contributed by atoms with E-state index < -0.39 is 11.9 Å². The van der Waals surface area contributed by atoms with Crippen molar-refractivity contribution in [2.75, 3.05) is 5.32 Å². The van der Waals surface area contributed by atoms with Gasteiger partial charge in [0.05, 0.1) is 28.0 Å². The molecule has 1 heterocycles. The zero-order valence-electron chi connectivity index (χ0n) is 12.3. The highest BCUT2D eigenvalue weighted by molar-refractivity contribution is 6.13. The summed E-state index contributed by atoms with van der Waals surface area (Å²) >= 11 is 0. The number of rotatable bonds is 3. The molecule has 1 aromatic heterocycles. The number of aromatic nitrogens is 2. The zero-order chi connectivity index (χ0) is 16.4. The normalized spacial score (nSPS) is 10.5. The van der Waals surface area contributed by atoms with Crippen LogP contribution in [0.1, 0.15) is 26.4 Å². The van der Waals surface area contributed by atoms with E-state index in [1.54, 1.807) is 30.3 Å². The molecule has 114 valence electrons. The van der Waals surface area contributed by atoms with Gasteiger partial charge in [0.15, 0.2) is 0 Å². The van der Waals surface area contributed by atoms with Crippen LogP contribution in [0.2, 0.25) is 0 Å². The van der Waals surface area contributed by atoms with E-state index in [0.717, 1.165) is 11.1 Å². The lowest BCUT2D eigenvalue weighted by molar-refractivity contribution is 0.0692. The van der Waals surface area contributed by atoms with Crippen LogP contribution in [-0.2, 0) is 0 Å². The number of nitrogens with zero attached hydrogens (tertiary/aromatic N) is 2. The summed E-state index contributed by atoms with van der Waals surface area (Å²) in [6.45, 7) is 1.81. The molecule has 0 saturated carbocycles. The van der Waals surface area contributed by atoms with Gasteiger partial charge in [-0.2, -0.15) is 10.2 Å². The van der Waals surface area contributed by atoms with Crippen molar-refractivity contribution in [2.45, 2.75) is 6.92 Å². The standard InChI is InChI=1S/C17H13N3O3/c1-10-9-13-14(7-4-8-15(13)20-19-10)18-16(21)11-5-2-3-6-12(11)17(22)23/h2-9H,1H3,(H,18,21)(H,22,23). The Morgan fingerprint density at radius 1 is 1.00 bits per heavy atom. The molecule has 0 aliphatic heterocycles. The van der Waals surface area contributed by atoms with Crippen molar-refractivity contribution in [1.82, 2.24) is 10.2 Å². The highest BCUT2D eigenvalue weighted by atomic mass is 16.4. The van der Waals surface area contributed by atoms with Gasteiger partial charge < -0.3 is 10.4 Å². The summed E-state index contributed by atoms with van der Waals surface area (Å²) in [7, 11) is 0. The Bertz CT molecular complexity index is 922. The molecule has 0 bridgehead atoms. The molecule has 3 aromatic rings. The number of carboxylic acid groups (broad SMARTS) is 1. The van der Waals surface area contributed by atoms with E-state index in [9.17, 15) is 14.7 Å². The van der Waals surface area contributed by atoms with Gasteiger partial charge >= 0.3 is 5.97 Å². The number of carboxylic acids is 1. The Balaban J connectivity index is 2.01. The number of aromatic carboxylic acids is 1. The maximum absolute atomic E-state index is 12.5. The van der Waals surface area contributed by atoms with Gasteiger partial charge in [-0.1, -0.05) is 18.2 Å². The number of amides is 1. The number of carbonyl (C=O) groups is 2. The van der Waals surface area contributed by atoms with Crippen molar-refractivity contribution in [3.63, 3.8) is 0 Å². The Labute approximate surface area is 131 Å². The van der Waals surface area contributed by atoms with E-state index in [4.69, 9.17) is 0 Å². The summed E-state index contributed by atoms with van der Waals surface area (Å²) in [5, 5.41) is 20.7. The third-order valence-corrected chi connectivity index (χ3v) is 3.40. The van der Waals surface area contributed by atoms with E-state index in [1.165, 1.54) is 12.1 Å². The number of carbonyl (C=O) groups excluding carboxylic acids is 1. The number of hydrogen-bond donors (Lipinski definition) is 2. The van der Waals surface area contributed by atoms with Crippen molar-refractivity contribution in [1.29, 1.82) is 0 Å². The van der Waals surface area contributed by atoms with Gasteiger partial charge in [-0.05, 0) is 37.3 Å². The van der Waals surface area contributed by atoms with Crippen LogP contribution in [0.3, 0.4) is 0 Å². The number of nitrogens with one attached hydrogen (secondary N) is 1. The van der Waals surface area contributed by atoms with E-state index in [2.05, 4.69) is 15.5 Å². The Hall–Kier alpha value is -3.28. The summed E-state index contributed by atoms with van der Waals surface area (Å²) in [6.07, 6.45) is 0. The fourth-order valence-corrected chi connectivity index (χ4v) is 2.33. The van der Waals surface area contributed by atoms with Crippen molar-refractivity contribution in [3.05, 3.63) is 65.4 Å². The Morgan fingerprint density at radius 3 is 2.48 bits per heavy atom. The minimum absolute atomic E-state index is 0.0405. The highest BCUT2D eigenvalue weighted by Gasteiger charge is 2.16. The molecule has 0 unspecified atom stereocenters. The second-order valence-electron chi connectivity index (χ2n) is 5.03. The monoisotopic (exact) mass is 307 g/mol. The fourth-order valence-electron chi connectivity index (χ4n) is 2.33. The average molecular weight is 307 g/mol. The largest absolute Gasteiger partial charge is 0.478 e. The van der Waals surface area contributed by atoms with E-state index in [0.29, 0.717) is 11.2 Å². The summed E-state index contributed by atoms with van der Waals surface area (Å²) in [6, 6.07) is 13.2. The number of hydrogen-bond acceptors (Lipinski definition) is 4. The maximum Gasteiger partial charge on any atom is 0.336 e. The molecule has 23 heavy (non-hydrogen) atoms. The van der Waals surface area contributed by atoms with Gasteiger partial charge in [0.1, 0.15) is 0 Å². The first-order valence-corrected chi connectivity index (χ1v) is 6.93. The molecule has 0 aliphatic carbocycles.